The Balaban J connectivity index is 1.80. The van der Waals surface area contributed by atoms with Crippen molar-refractivity contribution in [3.05, 3.63) is 95.7 Å². The quantitative estimate of drug-likeness (QED) is 0.386. The molecule has 2 aromatic heterocycles. The SMILES string of the molecule is Cc1cccc([C@H](C)c2cc3ccccc3n2-c2nc3ccccc3n2C)c1. The number of aryl methyl sites for hydroxylation is 2. The van der Waals surface area contributed by atoms with E-state index in [0.29, 0.717) is 0 Å². The summed E-state index contributed by atoms with van der Waals surface area (Å²) in [6.45, 7) is 4.43. The smallest absolute Gasteiger partial charge is 0.215 e. The van der Waals surface area contributed by atoms with Gasteiger partial charge in [-0.25, -0.2) is 4.98 Å². The van der Waals surface area contributed by atoms with Gasteiger partial charge in [0.2, 0.25) is 5.95 Å². The van der Waals surface area contributed by atoms with Crippen LogP contribution in [0, 0.1) is 6.92 Å². The number of hydrogen-bond acceptors (Lipinski definition) is 1. The molecule has 5 aromatic rings. The highest BCUT2D eigenvalue weighted by Crippen LogP contribution is 2.33. The maximum Gasteiger partial charge on any atom is 0.215 e. The van der Waals surface area contributed by atoms with Crippen LogP contribution in [0.4, 0.5) is 0 Å². The Morgan fingerprint density at radius 2 is 1.57 bits per heavy atom. The Bertz CT molecular complexity index is 1310. The first kappa shape index (κ1) is 16.8. The van der Waals surface area contributed by atoms with E-state index in [-0.39, 0.29) is 5.92 Å². The van der Waals surface area contributed by atoms with E-state index in [4.69, 9.17) is 4.98 Å². The van der Waals surface area contributed by atoms with E-state index >= 15 is 0 Å². The fraction of sp³-hybridized carbons (Fsp3) is 0.160. The van der Waals surface area contributed by atoms with Crippen LogP contribution in [0.25, 0.3) is 27.9 Å². The minimum Gasteiger partial charge on any atom is -0.313 e. The van der Waals surface area contributed by atoms with Gasteiger partial charge in [-0.15, -0.1) is 0 Å². The fourth-order valence-electron chi connectivity index (χ4n) is 4.16. The second kappa shape index (κ2) is 6.38. The van der Waals surface area contributed by atoms with Crippen molar-refractivity contribution in [1.82, 2.24) is 14.1 Å². The summed E-state index contributed by atoms with van der Waals surface area (Å²) >= 11 is 0. The molecule has 2 heterocycles. The third-order valence-corrected chi connectivity index (χ3v) is 5.69. The molecule has 0 bridgehead atoms. The third kappa shape index (κ3) is 2.55. The van der Waals surface area contributed by atoms with Crippen LogP contribution in [0.1, 0.15) is 29.7 Å². The molecule has 138 valence electrons. The van der Waals surface area contributed by atoms with E-state index in [9.17, 15) is 0 Å². The van der Waals surface area contributed by atoms with E-state index in [1.165, 1.54) is 27.7 Å². The summed E-state index contributed by atoms with van der Waals surface area (Å²) in [5, 5.41) is 1.24. The van der Waals surface area contributed by atoms with Crippen LogP contribution >= 0.6 is 0 Å². The Morgan fingerprint density at radius 3 is 2.36 bits per heavy atom. The summed E-state index contributed by atoms with van der Waals surface area (Å²) in [6, 6.07) is 28.0. The van der Waals surface area contributed by atoms with Crippen LogP contribution in [0.2, 0.25) is 0 Å². The number of benzene rings is 3. The zero-order chi connectivity index (χ0) is 19.3. The van der Waals surface area contributed by atoms with Crippen LogP contribution in [0.15, 0.2) is 78.9 Å². The van der Waals surface area contributed by atoms with E-state index in [1.807, 2.05) is 6.07 Å². The van der Waals surface area contributed by atoms with E-state index < -0.39 is 0 Å². The molecule has 0 fully saturated rings. The van der Waals surface area contributed by atoms with Crippen LogP contribution in [-0.4, -0.2) is 14.1 Å². The molecule has 0 N–H and O–H groups in total. The average Bonchev–Trinajstić information content (AvgIpc) is 3.25. The van der Waals surface area contributed by atoms with Crippen molar-refractivity contribution in [2.45, 2.75) is 19.8 Å². The molecular weight excluding hydrogens is 342 g/mol. The Kier molecular flexibility index (Phi) is 3.83. The molecule has 0 radical (unpaired) electrons. The van der Waals surface area contributed by atoms with Crippen molar-refractivity contribution >= 4 is 21.9 Å². The second-order valence-corrected chi connectivity index (χ2v) is 7.56. The average molecular weight is 365 g/mol. The highest BCUT2D eigenvalue weighted by atomic mass is 15.2. The monoisotopic (exact) mass is 365 g/mol. The molecule has 0 amide bonds. The molecular formula is C25H23N3. The zero-order valence-corrected chi connectivity index (χ0v) is 16.4. The van der Waals surface area contributed by atoms with Gasteiger partial charge in [0.15, 0.2) is 0 Å². The lowest BCUT2D eigenvalue weighted by Gasteiger charge is -2.17. The Labute approximate surface area is 164 Å². The van der Waals surface area contributed by atoms with Crippen molar-refractivity contribution in [3.63, 3.8) is 0 Å². The molecule has 3 heteroatoms. The van der Waals surface area contributed by atoms with Crippen LogP contribution in [0.5, 0.6) is 0 Å². The molecule has 0 aliphatic heterocycles. The van der Waals surface area contributed by atoms with Gasteiger partial charge in [-0.05, 0) is 36.8 Å². The highest BCUT2D eigenvalue weighted by molar-refractivity contribution is 5.85. The predicted octanol–water partition coefficient (Wildman–Crippen LogP) is 5.98. The van der Waals surface area contributed by atoms with Gasteiger partial charge >= 0.3 is 0 Å². The molecule has 0 saturated heterocycles. The minimum atomic E-state index is 0.257. The van der Waals surface area contributed by atoms with E-state index in [1.54, 1.807) is 0 Å². The van der Waals surface area contributed by atoms with Gasteiger partial charge in [0.05, 0.1) is 16.6 Å². The molecule has 0 aliphatic rings. The number of imidazole rings is 1. The maximum atomic E-state index is 4.99. The molecule has 3 aromatic carbocycles. The lowest BCUT2D eigenvalue weighted by atomic mass is 9.96. The summed E-state index contributed by atoms with van der Waals surface area (Å²) in [4.78, 5) is 4.99. The first-order valence-electron chi connectivity index (χ1n) is 9.72. The number of fused-ring (bicyclic) bond motifs is 2. The number of nitrogens with zero attached hydrogens (tertiary/aromatic N) is 3. The molecule has 0 aliphatic carbocycles. The second-order valence-electron chi connectivity index (χ2n) is 7.56. The van der Waals surface area contributed by atoms with Gasteiger partial charge in [-0.2, -0.15) is 0 Å². The summed E-state index contributed by atoms with van der Waals surface area (Å²) in [6.07, 6.45) is 0. The standard InChI is InChI=1S/C25H23N3/c1-17-9-8-11-19(15-17)18(2)24-16-20-10-4-6-13-22(20)28(24)25-26-21-12-5-7-14-23(21)27(25)3/h4-16,18H,1-3H3/t18-/m0/s1. The molecule has 0 spiro atoms. The van der Waals surface area contributed by atoms with Gasteiger partial charge in [0, 0.05) is 24.0 Å². The maximum absolute atomic E-state index is 4.99. The van der Waals surface area contributed by atoms with Gasteiger partial charge in [-0.3, -0.25) is 4.57 Å². The van der Waals surface area contributed by atoms with Crippen LogP contribution in [0.3, 0.4) is 0 Å². The molecule has 0 saturated carbocycles. The first-order chi connectivity index (χ1) is 13.6. The van der Waals surface area contributed by atoms with Crippen molar-refractivity contribution < 1.29 is 0 Å². The van der Waals surface area contributed by atoms with Crippen molar-refractivity contribution in [2.24, 2.45) is 7.05 Å². The van der Waals surface area contributed by atoms with Gasteiger partial charge in [0.25, 0.3) is 0 Å². The third-order valence-electron chi connectivity index (χ3n) is 5.69. The predicted molar refractivity (Wildman–Crippen MR) is 116 cm³/mol. The summed E-state index contributed by atoms with van der Waals surface area (Å²) in [5.74, 6) is 1.21. The number of rotatable bonds is 3. The first-order valence-corrected chi connectivity index (χ1v) is 9.72. The fourth-order valence-corrected chi connectivity index (χ4v) is 4.16. The normalized spacial score (nSPS) is 12.7. The molecule has 5 rings (SSSR count). The zero-order valence-electron chi connectivity index (χ0n) is 16.4. The van der Waals surface area contributed by atoms with Crippen molar-refractivity contribution in [2.75, 3.05) is 0 Å². The van der Waals surface area contributed by atoms with Crippen LogP contribution < -0.4 is 0 Å². The lowest BCUT2D eigenvalue weighted by molar-refractivity contribution is 0.778. The van der Waals surface area contributed by atoms with Gasteiger partial charge in [-0.1, -0.05) is 67.1 Å². The summed E-state index contributed by atoms with van der Waals surface area (Å²) in [5.41, 5.74) is 7.22. The largest absolute Gasteiger partial charge is 0.313 e. The van der Waals surface area contributed by atoms with Crippen molar-refractivity contribution in [1.29, 1.82) is 0 Å². The van der Waals surface area contributed by atoms with E-state index in [2.05, 4.69) is 103 Å². The van der Waals surface area contributed by atoms with E-state index in [0.717, 1.165) is 17.0 Å². The number of hydrogen-bond donors (Lipinski definition) is 0. The molecule has 28 heavy (non-hydrogen) atoms. The van der Waals surface area contributed by atoms with Crippen molar-refractivity contribution in [3.8, 4) is 5.95 Å². The number of aromatic nitrogens is 3. The van der Waals surface area contributed by atoms with Gasteiger partial charge in [0.1, 0.15) is 0 Å². The number of para-hydroxylation sites is 3. The summed E-state index contributed by atoms with van der Waals surface area (Å²) < 4.78 is 4.51. The highest BCUT2D eigenvalue weighted by Gasteiger charge is 2.20. The van der Waals surface area contributed by atoms with Gasteiger partial charge < -0.3 is 4.57 Å². The Morgan fingerprint density at radius 1 is 0.821 bits per heavy atom. The summed E-state index contributed by atoms with van der Waals surface area (Å²) in [7, 11) is 2.10. The molecule has 3 nitrogen and oxygen atoms in total. The van der Waals surface area contributed by atoms with Crippen LogP contribution in [-0.2, 0) is 7.05 Å². The molecule has 1 atom stereocenters. The minimum absolute atomic E-state index is 0.257. The molecule has 0 unspecified atom stereocenters. The Hall–Kier alpha value is -3.33. The topological polar surface area (TPSA) is 22.8 Å². The lowest BCUT2D eigenvalue weighted by Crippen LogP contribution is -2.09.